The van der Waals surface area contributed by atoms with Crippen LogP contribution in [0.3, 0.4) is 0 Å². The Hall–Kier alpha value is -1.85. The van der Waals surface area contributed by atoms with E-state index in [0.29, 0.717) is 6.54 Å². The molecule has 6 nitrogen and oxygen atoms in total. The van der Waals surface area contributed by atoms with Gasteiger partial charge in [-0.05, 0) is 12.5 Å². The van der Waals surface area contributed by atoms with Crippen molar-refractivity contribution in [2.24, 2.45) is 0 Å². The van der Waals surface area contributed by atoms with E-state index in [1.54, 1.807) is 16.9 Å². The van der Waals surface area contributed by atoms with Gasteiger partial charge in [0, 0.05) is 19.7 Å². The van der Waals surface area contributed by atoms with E-state index in [1.807, 2.05) is 6.92 Å². The molecule has 1 rings (SSSR count). The van der Waals surface area contributed by atoms with Crippen LogP contribution < -0.4 is 5.32 Å². The number of hydrogen-bond acceptors (Lipinski definition) is 3. The third-order valence-electron chi connectivity index (χ3n) is 2.30. The van der Waals surface area contributed by atoms with E-state index in [0.717, 1.165) is 12.1 Å². The number of carboxylic acid groups (broad SMARTS) is 1. The van der Waals surface area contributed by atoms with Gasteiger partial charge in [-0.1, -0.05) is 6.92 Å². The van der Waals surface area contributed by atoms with Crippen molar-refractivity contribution in [1.29, 1.82) is 0 Å². The molecule has 0 radical (unpaired) electrons. The number of amides is 1. The van der Waals surface area contributed by atoms with Crippen molar-refractivity contribution in [3.8, 4) is 0 Å². The van der Waals surface area contributed by atoms with E-state index >= 15 is 0 Å². The number of aromatic nitrogens is 2. The summed E-state index contributed by atoms with van der Waals surface area (Å²) >= 11 is 0. The zero-order valence-electron chi connectivity index (χ0n) is 10.0. The lowest BCUT2D eigenvalue weighted by atomic mass is 10.1. The van der Waals surface area contributed by atoms with Gasteiger partial charge in [-0.2, -0.15) is 5.10 Å². The summed E-state index contributed by atoms with van der Waals surface area (Å²) < 4.78 is 1.73. The molecule has 1 aromatic rings. The molecular formula is C11H17N3O3. The van der Waals surface area contributed by atoms with E-state index in [-0.39, 0.29) is 12.3 Å². The number of nitrogens with one attached hydrogen (secondary N) is 1. The molecular weight excluding hydrogens is 222 g/mol. The summed E-state index contributed by atoms with van der Waals surface area (Å²) in [5.41, 5.74) is 0.726. The number of aryl methyl sites for hydroxylation is 1. The van der Waals surface area contributed by atoms with Crippen LogP contribution in [0.15, 0.2) is 12.3 Å². The molecule has 0 spiro atoms. The summed E-state index contributed by atoms with van der Waals surface area (Å²) in [4.78, 5) is 21.8. The third-order valence-corrected chi connectivity index (χ3v) is 2.30. The van der Waals surface area contributed by atoms with Crippen molar-refractivity contribution in [3.63, 3.8) is 0 Å². The van der Waals surface area contributed by atoms with Crippen LogP contribution >= 0.6 is 0 Å². The molecule has 1 atom stereocenters. The van der Waals surface area contributed by atoms with Crippen molar-refractivity contribution in [1.82, 2.24) is 15.1 Å². The number of carbonyl (C=O) groups excluding carboxylic acids is 1. The summed E-state index contributed by atoms with van der Waals surface area (Å²) in [7, 11) is 0. The predicted octanol–water partition coefficient (Wildman–Crippen LogP) is 0.945. The fraction of sp³-hybridized carbons (Fsp3) is 0.545. The van der Waals surface area contributed by atoms with E-state index in [9.17, 15) is 9.59 Å². The van der Waals surface area contributed by atoms with Gasteiger partial charge in [0.15, 0.2) is 0 Å². The van der Waals surface area contributed by atoms with Crippen LogP contribution in [-0.4, -0.2) is 26.8 Å². The van der Waals surface area contributed by atoms with Gasteiger partial charge in [0.1, 0.15) is 0 Å². The van der Waals surface area contributed by atoms with Crippen LogP contribution in [0, 0.1) is 0 Å². The molecule has 0 aromatic carbocycles. The van der Waals surface area contributed by atoms with Crippen molar-refractivity contribution in [2.45, 2.75) is 39.3 Å². The van der Waals surface area contributed by atoms with Crippen LogP contribution in [0.2, 0.25) is 0 Å². The number of carboxylic acids is 1. The first kappa shape index (κ1) is 13.2. The Balaban J connectivity index is 2.90. The van der Waals surface area contributed by atoms with Gasteiger partial charge in [-0.25, -0.2) is 0 Å². The van der Waals surface area contributed by atoms with Gasteiger partial charge in [-0.15, -0.1) is 0 Å². The Kier molecular flexibility index (Phi) is 4.68. The highest BCUT2D eigenvalue weighted by Crippen LogP contribution is 2.16. The minimum atomic E-state index is -0.951. The minimum absolute atomic E-state index is 0.144. The second-order valence-corrected chi connectivity index (χ2v) is 3.83. The molecule has 0 aliphatic carbocycles. The number of aliphatic carboxylic acids is 1. The maximum atomic E-state index is 11.1. The largest absolute Gasteiger partial charge is 0.481 e. The summed E-state index contributed by atoms with van der Waals surface area (Å²) in [5.74, 6) is -1.20. The number of carbonyl (C=O) groups is 2. The Bertz CT molecular complexity index is 384. The molecule has 0 saturated heterocycles. The molecule has 94 valence electrons. The molecule has 2 N–H and O–H groups in total. The highest BCUT2D eigenvalue weighted by atomic mass is 16.4. The standard InChI is InChI=1S/C11H17N3O3/c1-3-6-14-10(4-5-12-14)9(7-11(16)17)13-8(2)15/h4-5,9H,3,6-7H2,1-2H3,(H,13,15)(H,16,17)/t9-/m0/s1. The fourth-order valence-corrected chi connectivity index (χ4v) is 1.69. The van der Waals surface area contributed by atoms with Crippen LogP contribution in [0.25, 0.3) is 0 Å². The number of hydrogen-bond donors (Lipinski definition) is 2. The van der Waals surface area contributed by atoms with Crippen molar-refractivity contribution in [3.05, 3.63) is 18.0 Å². The van der Waals surface area contributed by atoms with Crippen molar-refractivity contribution in [2.75, 3.05) is 0 Å². The molecule has 0 saturated carbocycles. The van der Waals surface area contributed by atoms with Gasteiger partial charge < -0.3 is 10.4 Å². The first-order valence-corrected chi connectivity index (χ1v) is 5.55. The molecule has 0 unspecified atom stereocenters. The second-order valence-electron chi connectivity index (χ2n) is 3.83. The lowest BCUT2D eigenvalue weighted by molar-refractivity contribution is -0.137. The normalized spacial score (nSPS) is 12.1. The lowest BCUT2D eigenvalue weighted by Crippen LogP contribution is -2.30. The van der Waals surface area contributed by atoms with Crippen molar-refractivity contribution >= 4 is 11.9 Å². The van der Waals surface area contributed by atoms with E-state index in [1.165, 1.54) is 6.92 Å². The van der Waals surface area contributed by atoms with E-state index in [4.69, 9.17) is 5.11 Å². The van der Waals surface area contributed by atoms with E-state index in [2.05, 4.69) is 10.4 Å². The lowest BCUT2D eigenvalue weighted by Gasteiger charge is -2.17. The molecule has 0 aliphatic rings. The molecule has 0 aliphatic heterocycles. The third kappa shape index (κ3) is 3.90. The smallest absolute Gasteiger partial charge is 0.305 e. The average molecular weight is 239 g/mol. The topological polar surface area (TPSA) is 84.2 Å². The molecule has 1 amide bonds. The first-order valence-electron chi connectivity index (χ1n) is 5.55. The van der Waals surface area contributed by atoms with Crippen molar-refractivity contribution < 1.29 is 14.7 Å². The Morgan fingerprint density at radius 3 is 2.82 bits per heavy atom. The molecule has 17 heavy (non-hydrogen) atoms. The Labute approximate surface area is 99.6 Å². The van der Waals surface area contributed by atoms with Gasteiger partial charge >= 0.3 is 5.97 Å². The highest BCUT2D eigenvalue weighted by Gasteiger charge is 2.20. The predicted molar refractivity (Wildman–Crippen MR) is 61.3 cm³/mol. The summed E-state index contributed by atoms with van der Waals surface area (Å²) in [5, 5.41) is 15.6. The van der Waals surface area contributed by atoms with Gasteiger partial charge in [0.2, 0.25) is 5.91 Å². The van der Waals surface area contributed by atoms with Gasteiger partial charge in [0.25, 0.3) is 0 Å². The quantitative estimate of drug-likeness (QED) is 0.774. The molecule has 1 heterocycles. The molecule has 1 aromatic heterocycles. The first-order chi connectivity index (χ1) is 8.04. The Morgan fingerprint density at radius 2 is 2.29 bits per heavy atom. The van der Waals surface area contributed by atoms with Crippen LogP contribution in [-0.2, 0) is 16.1 Å². The molecule has 0 bridgehead atoms. The monoisotopic (exact) mass is 239 g/mol. The molecule has 6 heteroatoms. The zero-order chi connectivity index (χ0) is 12.8. The van der Waals surface area contributed by atoms with Crippen LogP contribution in [0.1, 0.15) is 38.4 Å². The van der Waals surface area contributed by atoms with Gasteiger partial charge in [-0.3, -0.25) is 14.3 Å². The maximum absolute atomic E-state index is 11.1. The highest BCUT2D eigenvalue weighted by molar-refractivity contribution is 5.75. The van der Waals surface area contributed by atoms with Crippen LogP contribution in [0.4, 0.5) is 0 Å². The summed E-state index contributed by atoms with van der Waals surface area (Å²) in [6, 6.07) is 1.21. The average Bonchev–Trinajstić information content (AvgIpc) is 2.64. The van der Waals surface area contributed by atoms with E-state index < -0.39 is 12.0 Å². The zero-order valence-corrected chi connectivity index (χ0v) is 10.0. The van der Waals surface area contributed by atoms with Crippen LogP contribution in [0.5, 0.6) is 0 Å². The minimum Gasteiger partial charge on any atom is -0.481 e. The number of rotatable bonds is 6. The number of nitrogens with zero attached hydrogens (tertiary/aromatic N) is 2. The second kappa shape index (κ2) is 6.03. The van der Waals surface area contributed by atoms with Gasteiger partial charge in [0.05, 0.1) is 18.2 Å². The summed E-state index contributed by atoms with van der Waals surface area (Å²) in [6.45, 7) is 4.09. The molecule has 0 fully saturated rings. The fourth-order valence-electron chi connectivity index (χ4n) is 1.69. The summed E-state index contributed by atoms with van der Waals surface area (Å²) in [6.07, 6.45) is 2.37. The maximum Gasteiger partial charge on any atom is 0.305 e. The SMILES string of the molecule is CCCn1nccc1[C@H](CC(=O)O)NC(C)=O. The Morgan fingerprint density at radius 1 is 1.59 bits per heavy atom.